The van der Waals surface area contributed by atoms with E-state index in [0.29, 0.717) is 5.69 Å². The Balaban J connectivity index is 2.39. The number of imidazole rings is 1. The number of esters is 1. The molecule has 1 aromatic heterocycles. The van der Waals surface area contributed by atoms with Crippen LogP contribution in [0.1, 0.15) is 45.9 Å². The van der Waals surface area contributed by atoms with Crippen molar-refractivity contribution in [2.45, 2.75) is 52.7 Å². The zero-order valence-electron chi connectivity index (χ0n) is 13.1. The van der Waals surface area contributed by atoms with Crippen LogP contribution in [0.25, 0.3) is 11.0 Å². The lowest BCUT2D eigenvalue weighted by Crippen LogP contribution is -2.20. The lowest BCUT2D eigenvalue weighted by molar-refractivity contribution is -0.149. The summed E-state index contributed by atoms with van der Waals surface area (Å²) >= 11 is 0. The number of hydrogen-bond acceptors (Lipinski definition) is 4. The molecule has 1 unspecified atom stereocenters. The van der Waals surface area contributed by atoms with Gasteiger partial charge in [0, 0.05) is 5.92 Å². The summed E-state index contributed by atoms with van der Waals surface area (Å²) in [5.74, 6) is 0.810. The van der Waals surface area contributed by atoms with Crippen molar-refractivity contribution in [2.24, 2.45) is 0 Å². The average Bonchev–Trinajstić information content (AvgIpc) is 2.79. The van der Waals surface area contributed by atoms with Gasteiger partial charge < -0.3 is 15.0 Å². The Morgan fingerprint density at radius 3 is 2.71 bits per heavy atom. The third-order valence-electron chi connectivity index (χ3n) is 3.55. The maximum atomic E-state index is 12.1. The smallest absolute Gasteiger partial charge is 0.326 e. The first-order valence-electron chi connectivity index (χ1n) is 7.38. The quantitative estimate of drug-likeness (QED) is 0.678. The molecule has 0 amide bonds. The van der Waals surface area contributed by atoms with Crippen LogP contribution in [0.5, 0.6) is 0 Å². The molecule has 114 valence electrons. The highest BCUT2D eigenvalue weighted by Crippen LogP contribution is 2.25. The number of carbonyl (C=O) groups is 1. The average molecular weight is 289 g/mol. The van der Waals surface area contributed by atoms with Crippen molar-refractivity contribution in [3.05, 3.63) is 24.0 Å². The van der Waals surface area contributed by atoms with Gasteiger partial charge in [0.05, 0.1) is 17.3 Å². The molecule has 0 radical (unpaired) electrons. The topological polar surface area (TPSA) is 70.1 Å². The highest BCUT2D eigenvalue weighted by molar-refractivity contribution is 5.88. The van der Waals surface area contributed by atoms with Gasteiger partial charge in [-0.1, -0.05) is 26.8 Å². The second kappa shape index (κ2) is 6.16. The van der Waals surface area contributed by atoms with Gasteiger partial charge in [0.15, 0.2) is 0 Å². The number of rotatable bonds is 5. The van der Waals surface area contributed by atoms with Gasteiger partial charge in [-0.25, -0.2) is 4.98 Å². The minimum absolute atomic E-state index is 0.0696. The SMILES string of the molecule is CCC(C)OC(=O)Cn1c(C(C)C)nc2c(N)cccc21. The Hall–Kier alpha value is -2.04. The monoisotopic (exact) mass is 289 g/mol. The molecule has 21 heavy (non-hydrogen) atoms. The van der Waals surface area contributed by atoms with Crippen molar-refractivity contribution >= 4 is 22.7 Å². The summed E-state index contributed by atoms with van der Waals surface area (Å²) in [6.07, 6.45) is 0.736. The van der Waals surface area contributed by atoms with Crippen LogP contribution in [-0.2, 0) is 16.1 Å². The van der Waals surface area contributed by atoms with E-state index >= 15 is 0 Å². The van der Waals surface area contributed by atoms with Crippen molar-refractivity contribution in [3.8, 4) is 0 Å². The number of nitrogens with two attached hydrogens (primary N) is 1. The molecule has 0 spiro atoms. The van der Waals surface area contributed by atoms with Crippen LogP contribution >= 0.6 is 0 Å². The van der Waals surface area contributed by atoms with Gasteiger partial charge in [0.2, 0.25) is 0 Å². The second-order valence-electron chi connectivity index (χ2n) is 5.63. The van der Waals surface area contributed by atoms with Crippen LogP contribution in [0.15, 0.2) is 18.2 Å². The molecule has 5 nitrogen and oxygen atoms in total. The van der Waals surface area contributed by atoms with Crippen LogP contribution in [0, 0.1) is 0 Å². The van der Waals surface area contributed by atoms with Crippen molar-refractivity contribution < 1.29 is 9.53 Å². The molecule has 2 rings (SSSR count). The number of hydrogen-bond donors (Lipinski definition) is 1. The van der Waals surface area contributed by atoms with E-state index in [1.807, 2.05) is 50.5 Å². The molecule has 0 bridgehead atoms. The number of benzene rings is 1. The maximum absolute atomic E-state index is 12.1. The Labute approximate surface area is 125 Å². The van der Waals surface area contributed by atoms with Gasteiger partial charge in [-0.2, -0.15) is 0 Å². The summed E-state index contributed by atoms with van der Waals surface area (Å²) in [6, 6.07) is 5.63. The van der Waals surface area contributed by atoms with Crippen molar-refractivity contribution in [2.75, 3.05) is 5.73 Å². The molecule has 2 N–H and O–H groups in total. The zero-order valence-corrected chi connectivity index (χ0v) is 13.1. The van der Waals surface area contributed by atoms with E-state index in [4.69, 9.17) is 10.5 Å². The maximum Gasteiger partial charge on any atom is 0.326 e. The Bertz CT molecular complexity index is 646. The van der Waals surface area contributed by atoms with Gasteiger partial charge in [-0.3, -0.25) is 4.79 Å². The molecule has 1 heterocycles. The molecule has 1 atom stereocenters. The number of anilines is 1. The molecule has 5 heteroatoms. The number of aromatic nitrogens is 2. The van der Waals surface area contributed by atoms with Crippen LogP contribution < -0.4 is 5.73 Å². The summed E-state index contributed by atoms with van der Waals surface area (Å²) in [4.78, 5) is 16.7. The molecule has 0 aliphatic rings. The molecule has 0 aliphatic carbocycles. The Morgan fingerprint density at radius 1 is 1.38 bits per heavy atom. The van der Waals surface area contributed by atoms with Crippen molar-refractivity contribution in [1.82, 2.24) is 9.55 Å². The van der Waals surface area contributed by atoms with E-state index in [1.165, 1.54) is 0 Å². The molecule has 1 aromatic carbocycles. The summed E-state index contributed by atoms with van der Waals surface area (Å²) in [5, 5.41) is 0. The van der Waals surface area contributed by atoms with Crippen LogP contribution in [-0.4, -0.2) is 21.6 Å². The minimum atomic E-state index is -0.243. The first kappa shape index (κ1) is 15.4. The summed E-state index contributed by atoms with van der Waals surface area (Å²) in [5.41, 5.74) is 8.23. The molecular formula is C16H23N3O2. The fourth-order valence-corrected chi connectivity index (χ4v) is 2.27. The molecule has 0 saturated carbocycles. The minimum Gasteiger partial charge on any atom is -0.461 e. The lowest BCUT2D eigenvalue weighted by atomic mass is 10.2. The highest BCUT2D eigenvalue weighted by Gasteiger charge is 2.18. The van der Waals surface area contributed by atoms with E-state index in [9.17, 15) is 4.79 Å². The predicted octanol–water partition coefficient (Wildman–Crippen LogP) is 3.08. The number of ether oxygens (including phenoxy) is 1. The van der Waals surface area contributed by atoms with E-state index < -0.39 is 0 Å². The van der Waals surface area contributed by atoms with Gasteiger partial charge >= 0.3 is 5.97 Å². The largest absolute Gasteiger partial charge is 0.461 e. The number of nitrogen functional groups attached to an aromatic ring is 1. The lowest BCUT2D eigenvalue weighted by Gasteiger charge is -2.14. The number of carbonyl (C=O) groups excluding carboxylic acids is 1. The molecule has 0 fully saturated rings. The summed E-state index contributed by atoms with van der Waals surface area (Å²) < 4.78 is 7.27. The van der Waals surface area contributed by atoms with Crippen LogP contribution in [0.2, 0.25) is 0 Å². The molecule has 2 aromatic rings. The van der Waals surface area contributed by atoms with Crippen LogP contribution in [0.4, 0.5) is 5.69 Å². The van der Waals surface area contributed by atoms with Gasteiger partial charge in [-0.05, 0) is 25.5 Å². The zero-order chi connectivity index (χ0) is 15.6. The fourth-order valence-electron chi connectivity index (χ4n) is 2.27. The first-order valence-corrected chi connectivity index (χ1v) is 7.38. The Morgan fingerprint density at radius 2 is 2.10 bits per heavy atom. The normalized spacial score (nSPS) is 12.8. The van der Waals surface area contributed by atoms with Crippen molar-refractivity contribution in [1.29, 1.82) is 0 Å². The van der Waals surface area contributed by atoms with E-state index in [1.54, 1.807) is 0 Å². The summed E-state index contributed by atoms with van der Waals surface area (Å²) in [6.45, 7) is 8.15. The molecule has 0 saturated heterocycles. The highest BCUT2D eigenvalue weighted by atomic mass is 16.5. The second-order valence-corrected chi connectivity index (χ2v) is 5.63. The molecular weight excluding hydrogens is 266 g/mol. The number of nitrogens with zero attached hydrogens (tertiary/aromatic N) is 2. The third kappa shape index (κ3) is 3.17. The number of fused-ring (bicyclic) bond motifs is 1. The van der Waals surface area contributed by atoms with Crippen LogP contribution in [0.3, 0.4) is 0 Å². The standard InChI is InChI=1S/C16H23N3O2/c1-5-11(4)21-14(20)9-19-13-8-6-7-12(17)15(13)18-16(19)10(2)3/h6-8,10-11H,5,9,17H2,1-4H3. The van der Waals surface area contributed by atoms with Gasteiger partial charge in [0.1, 0.15) is 17.9 Å². The van der Waals surface area contributed by atoms with Gasteiger partial charge in [-0.15, -0.1) is 0 Å². The predicted molar refractivity (Wildman–Crippen MR) is 84.1 cm³/mol. The Kier molecular flexibility index (Phi) is 4.50. The van der Waals surface area contributed by atoms with Crippen molar-refractivity contribution in [3.63, 3.8) is 0 Å². The summed E-state index contributed by atoms with van der Waals surface area (Å²) in [7, 11) is 0. The van der Waals surface area contributed by atoms with E-state index in [0.717, 1.165) is 23.3 Å². The molecule has 0 aliphatic heterocycles. The number of para-hydroxylation sites is 1. The first-order chi connectivity index (χ1) is 9.93. The fraction of sp³-hybridized carbons (Fsp3) is 0.500. The third-order valence-corrected chi connectivity index (χ3v) is 3.55. The van der Waals surface area contributed by atoms with Gasteiger partial charge in [0.25, 0.3) is 0 Å². The van der Waals surface area contributed by atoms with E-state index in [2.05, 4.69) is 4.98 Å². The van der Waals surface area contributed by atoms with E-state index in [-0.39, 0.29) is 24.5 Å².